The number of nitrogens with zero attached hydrogens (tertiary/aromatic N) is 3. The summed E-state index contributed by atoms with van der Waals surface area (Å²) in [5, 5.41) is 8.36. The molecule has 1 unspecified atom stereocenters. The van der Waals surface area contributed by atoms with Crippen LogP contribution < -0.4 is 15.5 Å². The molecule has 0 saturated carbocycles. The van der Waals surface area contributed by atoms with Crippen LogP contribution in [0.1, 0.15) is 26.0 Å². The highest BCUT2D eigenvalue weighted by Gasteiger charge is 2.31. The number of nitrogens with one attached hydrogen (secondary N) is 2. The molecule has 6 nitrogen and oxygen atoms in total. The van der Waals surface area contributed by atoms with Crippen molar-refractivity contribution in [1.29, 1.82) is 0 Å². The van der Waals surface area contributed by atoms with E-state index in [4.69, 9.17) is 4.98 Å². The SMILES string of the molecule is CCNCc1c(N2CCNC(=O)C2CC)nc2sccn12. The number of carbonyl (C=O) groups excluding carboxylic acids is 1. The van der Waals surface area contributed by atoms with Crippen LogP contribution in [0.15, 0.2) is 11.6 Å². The largest absolute Gasteiger partial charge is 0.353 e. The minimum atomic E-state index is -0.122. The minimum Gasteiger partial charge on any atom is -0.353 e. The molecule has 0 aromatic carbocycles. The number of piperazine rings is 1. The minimum absolute atomic E-state index is 0.106. The number of imidazole rings is 1. The summed E-state index contributed by atoms with van der Waals surface area (Å²) in [5.41, 5.74) is 1.14. The fourth-order valence-corrected chi connectivity index (χ4v) is 3.56. The molecule has 0 aliphatic carbocycles. The molecule has 1 atom stereocenters. The van der Waals surface area contributed by atoms with Gasteiger partial charge in [-0.05, 0) is 13.0 Å². The lowest BCUT2D eigenvalue weighted by Crippen LogP contribution is -2.55. The van der Waals surface area contributed by atoms with Gasteiger partial charge in [-0.3, -0.25) is 9.20 Å². The highest BCUT2D eigenvalue weighted by atomic mass is 32.1. The van der Waals surface area contributed by atoms with Crippen LogP contribution in [0.3, 0.4) is 0 Å². The summed E-state index contributed by atoms with van der Waals surface area (Å²) in [7, 11) is 0. The molecule has 2 aromatic rings. The Kier molecular flexibility index (Phi) is 4.12. The van der Waals surface area contributed by atoms with Gasteiger partial charge in [-0.25, -0.2) is 4.98 Å². The Bertz CT molecular complexity index is 634. The van der Waals surface area contributed by atoms with E-state index in [2.05, 4.69) is 26.9 Å². The van der Waals surface area contributed by atoms with E-state index in [-0.39, 0.29) is 11.9 Å². The van der Waals surface area contributed by atoms with E-state index >= 15 is 0 Å². The number of thiazole rings is 1. The zero-order valence-corrected chi connectivity index (χ0v) is 13.2. The summed E-state index contributed by atoms with van der Waals surface area (Å²) in [6.07, 6.45) is 2.84. The standard InChI is InChI=1S/C14H21N5OS/c1-3-10-13(20)16-5-6-18(10)12-11(9-15-4-2)19-7-8-21-14(19)17-12/h7-8,10,15H,3-6,9H2,1-2H3,(H,16,20). The predicted molar refractivity (Wildman–Crippen MR) is 84.9 cm³/mol. The Balaban J connectivity index is 2.01. The number of rotatable bonds is 5. The Morgan fingerprint density at radius 1 is 1.52 bits per heavy atom. The van der Waals surface area contributed by atoms with Crippen LogP contribution in [-0.2, 0) is 11.3 Å². The van der Waals surface area contributed by atoms with Gasteiger partial charge in [0.2, 0.25) is 5.91 Å². The lowest BCUT2D eigenvalue weighted by Gasteiger charge is -2.35. The summed E-state index contributed by atoms with van der Waals surface area (Å²) in [6, 6.07) is -0.122. The van der Waals surface area contributed by atoms with E-state index in [1.54, 1.807) is 11.3 Å². The molecule has 0 radical (unpaired) electrons. The summed E-state index contributed by atoms with van der Waals surface area (Å²) < 4.78 is 2.13. The quantitative estimate of drug-likeness (QED) is 0.872. The van der Waals surface area contributed by atoms with Gasteiger partial charge < -0.3 is 15.5 Å². The Hall–Kier alpha value is -1.60. The summed E-state index contributed by atoms with van der Waals surface area (Å²) >= 11 is 1.63. The zero-order valence-electron chi connectivity index (χ0n) is 12.4. The first kappa shape index (κ1) is 14.3. The van der Waals surface area contributed by atoms with Crippen molar-refractivity contribution in [2.45, 2.75) is 32.9 Å². The van der Waals surface area contributed by atoms with Crippen molar-refractivity contribution in [2.75, 3.05) is 24.5 Å². The monoisotopic (exact) mass is 307 g/mol. The molecule has 114 valence electrons. The third kappa shape index (κ3) is 2.51. The van der Waals surface area contributed by atoms with Crippen LogP contribution in [0.4, 0.5) is 5.82 Å². The van der Waals surface area contributed by atoms with E-state index in [9.17, 15) is 4.79 Å². The van der Waals surface area contributed by atoms with Crippen LogP contribution in [0, 0.1) is 0 Å². The van der Waals surface area contributed by atoms with Crippen LogP contribution in [0.2, 0.25) is 0 Å². The van der Waals surface area contributed by atoms with Gasteiger partial charge in [0, 0.05) is 31.2 Å². The van der Waals surface area contributed by atoms with E-state index < -0.39 is 0 Å². The highest BCUT2D eigenvalue weighted by Crippen LogP contribution is 2.27. The molecular weight excluding hydrogens is 286 g/mol. The highest BCUT2D eigenvalue weighted by molar-refractivity contribution is 7.15. The Labute approximate surface area is 128 Å². The van der Waals surface area contributed by atoms with E-state index in [0.29, 0.717) is 6.54 Å². The van der Waals surface area contributed by atoms with Gasteiger partial charge in [-0.1, -0.05) is 13.8 Å². The van der Waals surface area contributed by atoms with Gasteiger partial charge in [0.25, 0.3) is 0 Å². The van der Waals surface area contributed by atoms with Gasteiger partial charge in [0.1, 0.15) is 6.04 Å². The number of carbonyl (C=O) groups is 1. The van der Waals surface area contributed by atoms with Crippen LogP contribution in [0.5, 0.6) is 0 Å². The molecule has 2 aromatic heterocycles. The van der Waals surface area contributed by atoms with Crippen molar-refractivity contribution in [3.63, 3.8) is 0 Å². The molecule has 1 aliphatic heterocycles. The molecule has 7 heteroatoms. The Morgan fingerprint density at radius 3 is 3.14 bits per heavy atom. The molecule has 21 heavy (non-hydrogen) atoms. The fraction of sp³-hybridized carbons (Fsp3) is 0.571. The second-order valence-electron chi connectivity index (χ2n) is 5.13. The topological polar surface area (TPSA) is 61.7 Å². The molecule has 0 bridgehead atoms. The maximum atomic E-state index is 12.1. The van der Waals surface area contributed by atoms with Crippen LogP contribution in [0.25, 0.3) is 4.96 Å². The summed E-state index contributed by atoms with van der Waals surface area (Å²) in [4.78, 5) is 20.0. The van der Waals surface area contributed by atoms with Crippen LogP contribution >= 0.6 is 11.3 Å². The average Bonchev–Trinajstić information content (AvgIpc) is 3.06. The number of fused-ring (bicyclic) bond motifs is 1. The predicted octanol–water partition coefficient (Wildman–Crippen LogP) is 1.22. The maximum absolute atomic E-state index is 12.1. The third-order valence-electron chi connectivity index (χ3n) is 3.87. The van der Waals surface area contributed by atoms with Gasteiger partial charge in [-0.2, -0.15) is 0 Å². The van der Waals surface area contributed by atoms with Crippen molar-refractivity contribution in [1.82, 2.24) is 20.0 Å². The molecule has 3 heterocycles. The van der Waals surface area contributed by atoms with Gasteiger partial charge >= 0.3 is 0 Å². The Morgan fingerprint density at radius 2 is 2.38 bits per heavy atom. The number of amides is 1. The normalized spacial score (nSPS) is 19.2. The maximum Gasteiger partial charge on any atom is 0.242 e. The molecule has 0 spiro atoms. The number of anilines is 1. The first-order valence-electron chi connectivity index (χ1n) is 7.45. The average molecular weight is 307 g/mol. The fourth-order valence-electron chi connectivity index (χ4n) is 2.83. The van der Waals surface area contributed by atoms with Gasteiger partial charge in [0.15, 0.2) is 10.8 Å². The second kappa shape index (κ2) is 6.03. The van der Waals surface area contributed by atoms with Crippen molar-refractivity contribution in [3.8, 4) is 0 Å². The lowest BCUT2D eigenvalue weighted by molar-refractivity contribution is -0.123. The van der Waals surface area contributed by atoms with E-state index in [1.165, 1.54) is 0 Å². The van der Waals surface area contributed by atoms with Crippen molar-refractivity contribution < 1.29 is 4.79 Å². The number of hydrogen-bond acceptors (Lipinski definition) is 5. The first-order valence-corrected chi connectivity index (χ1v) is 8.33. The number of hydrogen-bond donors (Lipinski definition) is 2. The van der Waals surface area contributed by atoms with Crippen molar-refractivity contribution in [2.24, 2.45) is 0 Å². The van der Waals surface area contributed by atoms with E-state index in [1.807, 2.05) is 18.5 Å². The molecule has 3 rings (SSSR count). The molecular formula is C14H21N5OS. The number of aromatic nitrogens is 2. The van der Waals surface area contributed by atoms with Gasteiger partial charge in [0.05, 0.1) is 5.69 Å². The van der Waals surface area contributed by atoms with E-state index in [0.717, 1.165) is 42.5 Å². The molecule has 1 saturated heterocycles. The zero-order chi connectivity index (χ0) is 14.8. The van der Waals surface area contributed by atoms with Crippen LogP contribution in [-0.4, -0.2) is 41.0 Å². The smallest absolute Gasteiger partial charge is 0.242 e. The summed E-state index contributed by atoms with van der Waals surface area (Å²) in [6.45, 7) is 7.31. The van der Waals surface area contributed by atoms with Gasteiger partial charge in [-0.15, -0.1) is 11.3 Å². The molecule has 1 aliphatic rings. The lowest BCUT2D eigenvalue weighted by atomic mass is 10.1. The second-order valence-corrected chi connectivity index (χ2v) is 6.00. The summed E-state index contributed by atoms with van der Waals surface area (Å²) in [5.74, 6) is 1.05. The molecule has 1 fully saturated rings. The first-order chi connectivity index (χ1) is 10.3. The van der Waals surface area contributed by atoms with Crippen molar-refractivity contribution >= 4 is 28.0 Å². The third-order valence-corrected chi connectivity index (χ3v) is 4.63. The molecule has 1 amide bonds. The molecule has 2 N–H and O–H groups in total. The van der Waals surface area contributed by atoms with Crippen molar-refractivity contribution in [3.05, 3.63) is 17.3 Å².